The molecule has 1 heterocycles. The highest BCUT2D eigenvalue weighted by atomic mass is 16.5. The second-order valence-corrected chi connectivity index (χ2v) is 5.41. The largest absolute Gasteiger partial charge is 0.465 e. The van der Waals surface area contributed by atoms with Gasteiger partial charge in [0.25, 0.3) is 5.56 Å². The summed E-state index contributed by atoms with van der Waals surface area (Å²) >= 11 is 0. The molecule has 0 saturated carbocycles. The number of carbonyl (C=O) groups excluding carboxylic acids is 1. The van der Waals surface area contributed by atoms with Gasteiger partial charge >= 0.3 is 5.97 Å². The number of ether oxygens (including phenoxy) is 4. The van der Waals surface area contributed by atoms with Gasteiger partial charge in [0.15, 0.2) is 0 Å². The average Bonchev–Trinajstić information content (AvgIpc) is 2.68. The Kier molecular flexibility index (Phi) is 13.0. The van der Waals surface area contributed by atoms with Gasteiger partial charge in [-0.3, -0.25) is 9.59 Å². The number of nitrogens with zero attached hydrogens (tertiary/aromatic N) is 4. The molecule has 0 saturated heterocycles. The molecule has 0 aromatic carbocycles. The van der Waals surface area contributed by atoms with Crippen molar-refractivity contribution in [1.82, 2.24) is 4.57 Å². The Morgan fingerprint density at radius 3 is 2.50 bits per heavy atom. The maximum absolute atomic E-state index is 11.8. The molecule has 11 nitrogen and oxygen atoms in total. The fourth-order valence-electron chi connectivity index (χ4n) is 2.06. The van der Waals surface area contributed by atoms with Crippen molar-refractivity contribution in [2.75, 3.05) is 64.7 Å². The zero-order chi connectivity index (χ0) is 20.5. The maximum atomic E-state index is 11.8. The summed E-state index contributed by atoms with van der Waals surface area (Å²) in [6.07, 6.45) is 1.57. The molecule has 0 aliphatic rings. The topological polar surface area (TPSA) is 137 Å². The summed E-state index contributed by atoms with van der Waals surface area (Å²) in [6.45, 7) is 5.34. The molecule has 28 heavy (non-hydrogen) atoms. The Balaban J connectivity index is 2.09. The molecule has 0 aliphatic carbocycles. The van der Waals surface area contributed by atoms with Crippen molar-refractivity contribution < 1.29 is 23.7 Å². The molecule has 0 spiro atoms. The Labute approximate surface area is 163 Å². The fourth-order valence-corrected chi connectivity index (χ4v) is 2.06. The van der Waals surface area contributed by atoms with Crippen LogP contribution in [0.2, 0.25) is 0 Å². The lowest BCUT2D eigenvalue weighted by Gasteiger charge is -2.10. The zero-order valence-electron chi connectivity index (χ0n) is 16.0. The maximum Gasteiger partial charge on any atom is 0.326 e. The van der Waals surface area contributed by atoms with Crippen LogP contribution in [0.4, 0.5) is 5.69 Å². The van der Waals surface area contributed by atoms with Crippen LogP contribution in [0.3, 0.4) is 0 Å². The monoisotopic (exact) mass is 397 g/mol. The van der Waals surface area contributed by atoms with E-state index in [-0.39, 0.29) is 18.7 Å². The van der Waals surface area contributed by atoms with Gasteiger partial charge in [-0.05, 0) is 18.5 Å². The number of anilines is 1. The summed E-state index contributed by atoms with van der Waals surface area (Å²) in [6, 6.07) is 3.04. The molecule has 156 valence electrons. The molecule has 0 unspecified atom stereocenters. The first-order valence-corrected chi connectivity index (χ1v) is 9.01. The molecule has 1 N–H and O–H groups in total. The lowest BCUT2D eigenvalue weighted by atomic mass is 10.4. The molecular formula is C17H27N5O6. The van der Waals surface area contributed by atoms with E-state index < -0.39 is 5.97 Å². The van der Waals surface area contributed by atoms with Gasteiger partial charge in [0.05, 0.1) is 51.9 Å². The molecule has 0 atom stereocenters. The summed E-state index contributed by atoms with van der Waals surface area (Å²) in [5.74, 6) is -0.453. The predicted molar refractivity (Wildman–Crippen MR) is 102 cm³/mol. The predicted octanol–water partition coefficient (Wildman–Crippen LogP) is 1.18. The van der Waals surface area contributed by atoms with Crippen molar-refractivity contribution >= 4 is 11.7 Å². The quantitative estimate of drug-likeness (QED) is 0.145. The van der Waals surface area contributed by atoms with Crippen LogP contribution in [0.5, 0.6) is 0 Å². The summed E-state index contributed by atoms with van der Waals surface area (Å²) < 4.78 is 22.1. The van der Waals surface area contributed by atoms with Gasteiger partial charge in [-0.25, -0.2) is 0 Å². The number of pyridine rings is 1. The molecule has 1 rings (SSSR count). The number of rotatable bonds is 16. The van der Waals surface area contributed by atoms with Crippen molar-refractivity contribution in [2.24, 2.45) is 5.11 Å². The van der Waals surface area contributed by atoms with Crippen molar-refractivity contribution in [1.29, 1.82) is 0 Å². The normalized spacial score (nSPS) is 10.3. The van der Waals surface area contributed by atoms with Crippen molar-refractivity contribution in [2.45, 2.75) is 13.5 Å². The van der Waals surface area contributed by atoms with Gasteiger partial charge < -0.3 is 28.8 Å². The third kappa shape index (κ3) is 11.2. The second-order valence-electron chi connectivity index (χ2n) is 5.41. The highest BCUT2D eigenvalue weighted by Crippen LogP contribution is 2.03. The highest BCUT2D eigenvalue weighted by Gasteiger charge is 2.05. The van der Waals surface area contributed by atoms with Crippen LogP contribution < -0.4 is 10.9 Å². The van der Waals surface area contributed by atoms with Gasteiger partial charge in [-0.15, -0.1) is 0 Å². The van der Waals surface area contributed by atoms with Gasteiger partial charge in [-0.1, -0.05) is 5.11 Å². The van der Waals surface area contributed by atoms with Crippen molar-refractivity contribution in [3.8, 4) is 0 Å². The third-order valence-corrected chi connectivity index (χ3v) is 3.31. The summed E-state index contributed by atoms with van der Waals surface area (Å²) in [4.78, 5) is 25.9. The SMILES string of the molecule is CCOC(=O)Cn1cc(NCCOCCOCCOCCN=[N+]=[N-])ccc1=O. The van der Waals surface area contributed by atoms with Crippen LogP contribution in [-0.4, -0.2) is 69.9 Å². The number of hydrogen-bond acceptors (Lipinski definition) is 8. The molecule has 0 amide bonds. The van der Waals surface area contributed by atoms with E-state index in [1.165, 1.54) is 10.6 Å². The summed E-state index contributed by atoms with van der Waals surface area (Å²) in [5.41, 5.74) is 8.53. The Hall–Kier alpha value is -2.59. The highest BCUT2D eigenvalue weighted by molar-refractivity contribution is 5.69. The van der Waals surface area contributed by atoms with E-state index in [9.17, 15) is 9.59 Å². The average molecular weight is 397 g/mol. The van der Waals surface area contributed by atoms with E-state index in [0.717, 1.165) is 0 Å². The van der Waals surface area contributed by atoms with Crippen LogP contribution in [0, 0.1) is 0 Å². The number of esters is 1. The summed E-state index contributed by atoms with van der Waals surface area (Å²) in [7, 11) is 0. The van der Waals surface area contributed by atoms with Crippen LogP contribution >= 0.6 is 0 Å². The third-order valence-electron chi connectivity index (χ3n) is 3.31. The Bertz CT molecular complexity index is 674. The molecular weight excluding hydrogens is 370 g/mol. The van der Waals surface area contributed by atoms with E-state index in [2.05, 4.69) is 15.3 Å². The lowest BCUT2D eigenvalue weighted by Crippen LogP contribution is -2.25. The van der Waals surface area contributed by atoms with Crippen molar-refractivity contribution in [3.63, 3.8) is 0 Å². The fraction of sp³-hybridized carbons (Fsp3) is 0.647. The minimum Gasteiger partial charge on any atom is -0.465 e. The zero-order valence-corrected chi connectivity index (χ0v) is 16.0. The van der Waals surface area contributed by atoms with Crippen molar-refractivity contribution in [3.05, 3.63) is 39.1 Å². The molecule has 1 aromatic heterocycles. The van der Waals surface area contributed by atoms with Gasteiger partial charge in [-0.2, -0.15) is 0 Å². The Morgan fingerprint density at radius 2 is 1.82 bits per heavy atom. The first kappa shape index (κ1) is 23.4. The van der Waals surface area contributed by atoms with Crippen LogP contribution in [0.25, 0.3) is 10.4 Å². The Morgan fingerprint density at radius 1 is 1.14 bits per heavy atom. The van der Waals surface area contributed by atoms with E-state index in [1.807, 2.05) is 0 Å². The van der Waals surface area contributed by atoms with Crippen LogP contribution in [-0.2, 0) is 30.3 Å². The number of aromatic nitrogens is 1. The molecule has 0 fully saturated rings. The molecule has 11 heteroatoms. The first-order valence-electron chi connectivity index (χ1n) is 9.01. The van der Waals surface area contributed by atoms with E-state index in [4.69, 9.17) is 24.5 Å². The molecule has 0 radical (unpaired) electrons. The number of carbonyl (C=O) groups is 1. The summed E-state index contributed by atoms with van der Waals surface area (Å²) in [5, 5.41) is 6.47. The molecule has 1 aromatic rings. The van der Waals surface area contributed by atoms with Gasteiger partial charge in [0.1, 0.15) is 6.54 Å². The number of hydrogen-bond donors (Lipinski definition) is 1. The standard InChI is InChI=1S/C17H27N5O6/c1-2-28-17(24)14-22-13-15(3-4-16(22)23)19-5-7-25-9-11-27-12-10-26-8-6-20-21-18/h3-4,13,19H,2,5-12,14H2,1H3. The molecule has 0 bridgehead atoms. The van der Waals surface area contributed by atoms with Gasteiger partial charge in [0.2, 0.25) is 0 Å². The minimum atomic E-state index is -0.453. The minimum absolute atomic E-state index is 0.120. The van der Waals surface area contributed by atoms with E-state index in [0.29, 0.717) is 58.4 Å². The second kappa shape index (κ2) is 15.5. The smallest absolute Gasteiger partial charge is 0.326 e. The number of azide groups is 1. The van der Waals surface area contributed by atoms with Crippen LogP contribution in [0.15, 0.2) is 28.2 Å². The van der Waals surface area contributed by atoms with E-state index in [1.54, 1.807) is 19.2 Å². The lowest BCUT2D eigenvalue weighted by molar-refractivity contribution is -0.143. The first-order chi connectivity index (χ1) is 13.7. The van der Waals surface area contributed by atoms with Crippen LogP contribution in [0.1, 0.15) is 6.92 Å². The van der Waals surface area contributed by atoms with E-state index >= 15 is 0 Å². The van der Waals surface area contributed by atoms with Gasteiger partial charge in [0, 0.05) is 30.3 Å². The number of nitrogens with one attached hydrogen (secondary N) is 1. The molecule has 0 aliphatic heterocycles.